The van der Waals surface area contributed by atoms with Crippen LogP contribution in [0, 0.1) is 0 Å². The first-order valence-corrected chi connectivity index (χ1v) is 4.52. The van der Waals surface area contributed by atoms with Crippen molar-refractivity contribution in [3.63, 3.8) is 0 Å². The van der Waals surface area contributed by atoms with Crippen LogP contribution in [-0.2, 0) is 6.54 Å². The summed E-state index contributed by atoms with van der Waals surface area (Å²) in [5.74, 6) is 0. The van der Waals surface area contributed by atoms with Gasteiger partial charge in [-0.3, -0.25) is 0 Å². The molecule has 1 heteroatoms. The van der Waals surface area contributed by atoms with Crippen LogP contribution in [0.2, 0.25) is 0 Å². The van der Waals surface area contributed by atoms with Gasteiger partial charge in [0.2, 0.25) is 0 Å². The van der Waals surface area contributed by atoms with Gasteiger partial charge in [0.05, 0.1) is 0 Å². The fourth-order valence-corrected chi connectivity index (χ4v) is 1.09. The molecule has 0 aromatic carbocycles. The summed E-state index contributed by atoms with van der Waals surface area (Å²) in [6, 6.07) is 6.16. The summed E-state index contributed by atoms with van der Waals surface area (Å²) in [6.07, 6.45) is 10.9. The average molecular weight is 162 g/mol. The van der Waals surface area contributed by atoms with Crippen LogP contribution in [0.25, 0.3) is 0 Å². The molecule has 1 rings (SSSR count). The molecule has 0 saturated heterocycles. The van der Waals surface area contributed by atoms with Crippen LogP contribution in [0.1, 0.15) is 19.8 Å². The van der Waals surface area contributed by atoms with Crippen LogP contribution < -0.4 is 4.57 Å². The van der Waals surface area contributed by atoms with Crippen LogP contribution in [0.15, 0.2) is 42.7 Å². The Labute approximate surface area is 74.4 Å². The Kier molecular flexibility index (Phi) is 4.14. The molecule has 0 spiro atoms. The number of allylic oxidation sites excluding steroid dienone is 2. The van der Waals surface area contributed by atoms with Gasteiger partial charge < -0.3 is 0 Å². The molecular weight excluding hydrogens is 146 g/mol. The molecule has 1 nitrogen and oxygen atoms in total. The third-order valence-electron chi connectivity index (χ3n) is 1.73. The first-order chi connectivity index (χ1) is 5.93. The van der Waals surface area contributed by atoms with Gasteiger partial charge in [-0.15, -0.1) is 0 Å². The zero-order valence-corrected chi connectivity index (χ0v) is 7.61. The fraction of sp³-hybridized carbons (Fsp3) is 0.364. The van der Waals surface area contributed by atoms with Gasteiger partial charge in [-0.2, -0.15) is 0 Å². The van der Waals surface area contributed by atoms with Crippen LogP contribution in [0.5, 0.6) is 0 Å². The monoisotopic (exact) mass is 162 g/mol. The number of pyridine rings is 1. The molecule has 1 heterocycles. The van der Waals surface area contributed by atoms with Crippen molar-refractivity contribution in [3.05, 3.63) is 42.7 Å². The molecule has 64 valence electrons. The van der Waals surface area contributed by atoms with Gasteiger partial charge in [0.15, 0.2) is 18.9 Å². The summed E-state index contributed by atoms with van der Waals surface area (Å²) in [4.78, 5) is 0. The largest absolute Gasteiger partial charge is 0.205 e. The molecule has 0 saturated carbocycles. The lowest BCUT2D eigenvalue weighted by Gasteiger charge is -1.90. The highest BCUT2D eigenvalue weighted by Crippen LogP contribution is 1.86. The van der Waals surface area contributed by atoms with E-state index in [9.17, 15) is 0 Å². The van der Waals surface area contributed by atoms with E-state index in [-0.39, 0.29) is 0 Å². The molecule has 1 aromatic rings. The van der Waals surface area contributed by atoms with Crippen LogP contribution in [0.4, 0.5) is 0 Å². The molecular formula is C11H16N+. The first-order valence-electron chi connectivity index (χ1n) is 4.52. The van der Waals surface area contributed by atoms with Crippen molar-refractivity contribution in [1.29, 1.82) is 0 Å². The summed E-state index contributed by atoms with van der Waals surface area (Å²) in [5.41, 5.74) is 0. The Morgan fingerprint density at radius 1 is 1.08 bits per heavy atom. The van der Waals surface area contributed by atoms with Gasteiger partial charge in [0.1, 0.15) is 0 Å². The van der Waals surface area contributed by atoms with E-state index in [0.29, 0.717) is 0 Å². The van der Waals surface area contributed by atoms with E-state index in [1.165, 1.54) is 0 Å². The lowest BCUT2D eigenvalue weighted by molar-refractivity contribution is -0.696. The maximum Gasteiger partial charge on any atom is 0.168 e. The van der Waals surface area contributed by atoms with Crippen LogP contribution in [-0.4, -0.2) is 0 Å². The van der Waals surface area contributed by atoms with E-state index >= 15 is 0 Å². The summed E-state index contributed by atoms with van der Waals surface area (Å²) in [6.45, 7) is 3.24. The van der Waals surface area contributed by atoms with Gasteiger partial charge >= 0.3 is 0 Å². The molecule has 0 radical (unpaired) electrons. The number of nitrogens with zero attached hydrogens (tertiary/aromatic N) is 1. The van der Waals surface area contributed by atoms with Crippen molar-refractivity contribution < 1.29 is 4.57 Å². The quantitative estimate of drug-likeness (QED) is 0.472. The molecule has 0 aliphatic rings. The Balaban J connectivity index is 2.29. The standard InChI is InChI=1S/C11H16N/c1-2-3-4-6-9-12-10-7-5-8-11-12/h3-5,7-8,10-11H,2,6,9H2,1H3/q+1/b4-3-. The van der Waals surface area contributed by atoms with Crippen molar-refractivity contribution in [2.24, 2.45) is 0 Å². The van der Waals surface area contributed by atoms with E-state index < -0.39 is 0 Å². The maximum absolute atomic E-state index is 2.24. The normalized spacial score (nSPS) is 10.8. The smallest absolute Gasteiger partial charge is 0.168 e. The van der Waals surface area contributed by atoms with Gasteiger partial charge in [-0.25, -0.2) is 4.57 Å². The highest BCUT2D eigenvalue weighted by Gasteiger charge is 1.92. The van der Waals surface area contributed by atoms with Crippen molar-refractivity contribution >= 4 is 0 Å². The van der Waals surface area contributed by atoms with E-state index in [1.54, 1.807) is 0 Å². The highest BCUT2D eigenvalue weighted by molar-refractivity contribution is 4.84. The Hall–Kier alpha value is -1.11. The number of hydrogen-bond acceptors (Lipinski definition) is 0. The average Bonchev–Trinajstić information content (AvgIpc) is 2.14. The van der Waals surface area contributed by atoms with Gasteiger partial charge in [-0.1, -0.05) is 25.1 Å². The number of hydrogen-bond donors (Lipinski definition) is 0. The molecule has 0 aliphatic carbocycles. The van der Waals surface area contributed by atoms with Crippen molar-refractivity contribution in [3.8, 4) is 0 Å². The molecule has 0 N–H and O–H groups in total. The number of aryl methyl sites for hydroxylation is 1. The summed E-state index contributed by atoms with van der Waals surface area (Å²) in [5, 5.41) is 0. The van der Waals surface area contributed by atoms with Gasteiger partial charge in [0, 0.05) is 18.6 Å². The molecule has 0 bridgehead atoms. The Morgan fingerprint density at radius 3 is 2.50 bits per heavy atom. The molecule has 0 atom stereocenters. The third-order valence-corrected chi connectivity index (χ3v) is 1.73. The zero-order valence-electron chi connectivity index (χ0n) is 7.61. The second kappa shape index (κ2) is 5.53. The van der Waals surface area contributed by atoms with Gasteiger partial charge in [0.25, 0.3) is 0 Å². The predicted octanol–water partition coefficient (Wildman–Crippen LogP) is 2.33. The summed E-state index contributed by atoms with van der Waals surface area (Å²) in [7, 11) is 0. The fourth-order valence-electron chi connectivity index (χ4n) is 1.09. The predicted molar refractivity (Wildman–Crippen MR) is 50.7 cm³/mol. The highest BCUT2D eigenvalue weighted by atomic mass is 14.9. The van der Waals surface area contributed by atoms with Gasteiger partial charge in [-0.05, 0) is 6.42 Å². The van der Waals surface area contributed by atoms with E-state index in [2.05, 4.69) is 48.2 Å². The summed E-state index contributed by atoms with van der Waals surface area (Å²) >= 11 is 0. The maximum atomic E-state index is 2.24. The second-order valence-electron chi connectivity index (χ2n) is 2.78. The van der Waals surface area contributed by atoms with E-state index in [1.807, 2.05) is 6.07 Å². The van der Waals surface area contributed by atoms with Crippen molar-refractivity contribution in [2.45, 2.75) is 26.3 Å². The lowest BCUT2D eigenvalue weighted by Crippen LogP contribution is -2.31. The van der Waals surface area contributed by atoms with E-state index in [4.69, 9.17) is 0 Å². The minimum Gasteiger partial charge on any atom is -0.205 e. The molecule has 0 aliphatic heterocycles. The SMILES string of the molecule is CC/C=C\CC[n+]1ccccc1. The molecule has 0 amide bonds. The number of rotatable bonds is 4. The first kappa shape index (κ1) is 8.98. The molecule has 0 fully saturated rings. The number of aromatic nitrogens is 1. The molecule has 0 unspecified atom stereocenters. The molecule has 1 aromatic heterocycles. The Morgan fingerprint density at radius 2 is 1.83 bits per heavy atom. The minimum atomic E-state index is 1.08. The van der Waals surface area contributed by atoms with Crippen molar-refractivity contribution in [1.82, 2.24) is 0 Å². The van der Waals surface area contributed by atoms with Crippen LogP contribution in [0.3, 0.4) is 0 Å². The van der Waals surface area contributed by atoms with Crippen LogP contribution >= 0.6 is 0 Å². The lowest BCUT2D eigenvalue weighted by atomic mass is 10.3. The van der Waals surface area contributed by atoms with E-state index in [0.717, 1.165) is 19.4 Å². The van der Waals surface area contributed by atoms with Crippen molar-refractivity contribution in [2.75, 3.05) is 0 Å². The zero-order chi connectivity index (χ0) is 8.65. The minimum absolute atomic E-state index is 1.08. The molecule has 12 heavy (non-hydrogen) atoms. The summed E-state index contributed by atoms with van der Waals surface area (Å²) < 4.78 is 2.19. The topological polar surface area (TPSA) is 3.88 Å². The second-order valence-corrected chi connectivity index (χ2v) is 2.78. The Bertz CT molecular complexity index is 226. The third kappa shape index (κ3) is 3.33.